The van der Waals surface area contributed by atoms with Crippen LogP contribution < -0.4 is 10.6 Å². The summed E-state index contributed by atoms with van der Waals surface area (Å²) in [6, 6.07) is 2.00. The molecule has 1 aliphatic heterocycles. The van der Waals surface area contributed by atoms with E-state index in [9.17, 15) is 4.39 Å². The first-order valence-corrected chi connectivity index (χ1v) is 6.96. The maximum Gasteiger partial charge on any atom is 0.170 e. The highest BCUT2D eigenvalue weighted by Gasteiger charge is 2.24. The monoisotopic (exact) mass is 266 g/mol. The Balaban J connectivity index is 2.10. The number of hydrogen-bond donors (Lipinski definition) is 1. The lowest BCUT2D eigenvalue weighted by atomic mass is 10.0. The molecule has 0 aliphatic carbocycles. The third-order valence-corrected chi connectivity index (χ3v) is 4.06. The average Bonchev–Trinajstić information content (AvgIpc) is 2.47. The molecule has 0 atom stereocenters. The predicted molar refractivity (Wildman–Crippen MR) is 75.6 cm³/mol. The number of rotatable bonds is 4. The Morgan fingerprint density at radius 3 is 2.74 bits per heavy atom. The average molecular weight is 266 g/mol. The maximum absolute atomic E-state index is 14.2. The summed E-state index contributed by atoms with van der Waals surface area (Å²) in [4.78, 5) is 8.58. The molecule has 0 bridgehead atoms. The van der Waals surface area contributed by atoms with Gasteiger partial charge in [-0.15, -0.1) is 0 Å². The molecule has 0 unspecified atom stereocenters. The Morgan fingerprint density at radius 2 is 2.16 bits per heavy atom. The zero-order valence-electron chi connectivity index (χ0n) is 11.8. The Bertz CT molecular complexity index is 416. The normalized spacial score (nSPS) is 17.7. The molecule has 1 aliphatic rings. The fraction of sp³-hybridized carbons (Fsp3) is 0.643. The second-order valence-corrected chi connectivity index (χ2v) is 5.09. The first-order chi connectivity index (χ1) is 9.17. The largest absolute Gasteiger partial charge is 0.354 e. The summed E-state index contributed by atoms with van der Waals surface area (Å²) in [5.74, 6) is 0.156. The van der Waals surface area contributed by atoms with Crippen LogP contribution >= 0.6 is 0 Å². The Hall–Kier alpha value is -1.20. The van der Waals surface area contributed by atoms with Crippen molar-refractivity contribution >= 4 is 5.82 Å². The molecule has 1 aromatic heterocycles. The number of anilines is 1. The van der Waals surface area contributed by atoms with Gasteiger partial charge >= 0.3 is 0 Å². The van der Waals surface area contributed by atoms with E-state index < -0.39 is 0 Å². The minimum absolute atomic E-state index is 0.212. The molecule has 0 saturated carbocycles. The molecule has 0 radical (unpaired) electrons. The van der Waals surface area contributed by atoms with Crippen molar-refractivity contribution in [2.24, 2.45) is 5.73 Å². The van der Waals surface area contributed by atoms with Crippen molar-refractivity contribution in [2.45, 2.75) is 32.4 Å². The summed E-state index contributed by atoms with van der Waals surface area (Å²) in [5.41, 5.74) is 6.07. The minimum atomic E-state index is -0.273. The van der Waals surface area contributed by atoms with Gasteiger partial charge in [0.05, 0.1) is 0 Å². The van der Waals surface area contributed by atoms with Gasteiger partial charge in [-0.2, -0.15) is 0 Å². The van der Waals surface area contributed by atoms with Crippen LogP contribution in [0.25, 0.3) is 0 Å². The van der Waals surface area contributed by atoms with E-state index in [1.807, 2.05) is 11.9 Å². The highest BCUT2D eigenvalue weighted by atomic mass is 19.1. The fourth-order valence-electron chi connectivity index (χ4n) is 2.67. The first-order valence-electron chi connectivity index (χ1n) is 6.96. The molecule has 2 heterocycles. The van der Waals surface area contributed by atoms with Crippen LogP contribution in [-0.4, -0.2) is 42.6 Å². The number of likely N-dealkylation sites (tertiary alicyclic amines) is 1. The van der Waals surface area contributed by atoms with Crippen molar-refractivity contribution < 1.29 is 4.39 Å². The first kappa shape index (κ1) is 14.2. The van der Waals surface area contributed by atoms with Gasteiger partial charge in [0.25, 0.3) is 0 Å². The van der Waals surface area contributed by atoms with Gasteiger partial charge in [-0.1, -0.05) is 6.92 Å². The van der Waals surface area contributed by atoms with Gasteiger partial charge in [-0.05, 0) is 25.5 Å². The van der Waals surface area contributed by atoms with Crippen LogP contribution in [0.1, 0.15) is 25.3 Å². The fourth-order valence-corrected chi connectivity index (χ4v) is 2.67. The van der Waals surface area contributed by atoms with E-state index in [1.165, 1.54) is 0 Å². The second-order valence-electron chi connectivity index (χ2n) is 5.09. The minimum Gasteiger partial charge on any atom is -0.354 e. The standard InChI is InChI=1S/C14H23FN4/c1-3-19-8-5-12(6-9-19)18(2)14-13(15)11(10-16)4-7-17-14/h4,7,12H,3,5-6,8-10,16H2,1-2H3. The third-order valence-electron chi connectivity index (χ3n) is 4.06. The van der Waals surface area contributed by atoms with Crippen LogP contribution in [-0.2, 0) is 6.54 Å². The molecule has 0 amide bonds. The van der Waals surface area contributed by atoms with Crippen molar-refractivity contribution in [1.29, 1.82) is 0 Å². The van der Waals surface area contributed by atoms with Crippen molar-refractivity contribution in [3.05, 3.63) is 23.6 Å². The van der Waals surface area contributed by atoms with E-state index in [-0.39, 0.29) is 12.4 Å². The number of nitrogens with two attached hydrogens (primary N) is 1. The maximum atomic E-state index is 14.2. The quantitative estimate of drug-likeness (QED) is 0.899. The number of hydrogen-bond acceptors (Lipinski definition) is 4. The lowest BCUT2D eigenvalue weighted by molar-refractivity contribution is 0.220. The summed E-state index contributed by atoms with van der Waals surface area (Å²) in [6.07, 6.45) is 3.74. The highest BCUT2D eigenvalue weighted by Crippen LogP contribution is 2.24. The van der Waals surface area contributed by atoms with Gasteiger partial charge in [0, 0.05) is 44.5 Å². The summed E-state index contributed by atoms with van der Waals surface area (Å²) < 4.78 is 14.2. The molecule has 1 fully saturated rings. The lowest BCUT2D eigenvalue weighted by Crippen LogP contribution is -2.43. The topological polar surface area (TPSA) is 45.4 Å². The smallest absolute Gasteiger partial charge is 0.170 e. The van der Waals surface area contributed by atoms with Crippen molar-refractivity contribution in [1.82, 2.24) is 9.88 Å². The van der Waals surface area contributed by atoms with E-state index in [2.05, 4.69) is 16.8 Å². The van der Waals surface area contributed by atoms with Gasteiger partial charge in [-0.3, -0.25) is 0 Å². The highest BCUT2D eigenvalue weighted by molar-refractivity contribution is 5.43. The van der Waals surface area contributed by atoms with E-state index in [0.717, 1.165) is 32.5 Å². The SMILES string of the molecule is CCN1CCC(N(C)c2nccc(CN)c2F)CC1. The Labute approximate surface area is 114 Å². The third kappa shape index (κ3) is 3.04. The molecule has 5 heteroatoms. The van der Waals surface area contributed by atoms with Gasteiger partial charge in [0.1, 0.15) is 0 Å². The van der Waals surface area contributed by atoms with E-state index in [1.54, 1.807) is 12.3 Å². The lowest BCUT2D eigenvalue weighted by Gasteiger charge is -2.37. The molecule has 2 N–H and O–H groups in total. The molecule has 4 nitrogen and oxygen atoms in total. The van der Waals surface area contributed by atoms with E-state index in [0.29, 0.717) is 17.4 Å². The van der Waals surface area contributed by atoms with Crippen molar-refractivity contribution in [2.75, 3.05) is 31.6 Å². The summed E-state index contributed by atoms with van der Waals surface area (Å²) in [6.45, 7) is 5.62. The molecule has 106 valence electrons. The van der Waals surface area contributed by atoms with Gasteiger partial charge in [-0.25, -0.2) is 9.37 Å². The Morgan fingerprint density at radius 1 is 1.47 bits per heavy atom. The molecule has 1 saturated heterocycles. The van der Waals surface area contributed by atoms with E-state index >= 15 is 0 Å². The van der Waals surface area contributed by atoms with Gasteiger partial charge < -0.3 is 15.5 Å². The molecule has 1 aromatic rings. The van der Waals surface area contributed by atoms with Crippen molar-refractivity contribution in [3.63, 3.8) is 0 Å². The van der Waals surface area contributed by atoms with E-state index in [4.69, 9.17) is 5.73 Å². The van der Waals surface area contributed by atoms with Gasteiger partial charge in [0.2, 0.25) is 0 Å². The number of halogens is 1. The second kappa shape index (κ2) is 6.30. The van der Waals surface area contributed by atoms with Crippen LogP contribution in [0.4, 0.5) is 10.2 Å². The summed E-state index contributed by atoms with van der Waals surface area (Å²) in [7, 11) is 1.93. The number of pyridine rings is 1. The molecule has 0 aromatic carbocycles. The number of aromatic nitrogens is 1. The number of piperidine rings is 1. The van der Waals surface area contributed by atoms with Crippen LogP contribution in [0, 0.1) is 5.82 Å². The zero-order chi connectivity index (χ0) is 13.8. The molecule has 2 rings (SSSR count). The van der Waals surface area contributed by atoms with Crippen LogP contribution in [0.3, 0.4) is 0 Å². The molecule has 0 spiro atoms. The van der Waals surface area contributed by atoms with Gasteiger partial charge in [0.15, 0.2) is 11.6 Å². The molecule has 19 heavy (non-hydrogen) atoms. The number of nitrogens with zero attached hydrogens (tertiary/aromatic N) is 3. The summed E-state index contributed by atoms with van der Waals surface area (Å²) in [5, 5.41) is 0. The Kier molecular flexibility index (Phi) is 4.71. The predicted octanol–water partition coefficient (Wildman–Crippen LogP) is 1.60. The van der Waals surface area contributed by atoms with Crippen LogP contribution in [0.15, 0.2) is 12.3 Å². The van der Waals surface area contributed by atoms with Crippen LogP contribution in [0.5, 0.6) is 0 Å². The molecular formula is C14H23FN4. The zero-order valence-corrected chi connectivity index (χ0v) is 11.8. The van der Waals surface area contributed by atoms with Crippen LogP contribution in [0.2, 0.25) is 0 Å². The summed E-state index contributed by atoms with van der Waals surface area (Å²) >= 11 is 0. The molecular weight excluding hydrogens is 243 g/mol. The van der Waals surface area contributed by atoms with Crippen molar-refractivity contribution in [3.8, 4) is 0 Å².